The number of fused-ring (bicyclic) bond motifs is 1. The van der Waals surface area contributed by atoms with E-state index in [0.717, 1.165) is 10.9 Å². The van der Waals surface area contributed by atoms with Crippen molar-refractivity contribution in [3.63, 3.8) is 0 Å². The summed E-state index contributed by atoms with van der Waals surface area (Å²) in [5, 5.41) is 0.843. The minimum atomic E-state index is -0.373. The fourth-order valence-corrected chi connectivity index (χ4v) is 1.62. The molecule has 0 saturated heterocycles. The summed E-state index contributed by atoms with van der Waals surface area (Å²) in [6, 6.07) is 7.15. The molecule has 0 aliphatic rings. The van der Waals surface area contributed by atoms with Gasteiger partial charge in [-0.15, -0.1) is 0 Å². The SMILES string of the molecule is Cc1ccc2c(OCC(C)C)cc(=O)oc2c1. The van der Waals surface area contributed by atoms with Crippen LogP contribution in [0.5, 0.6) is 5.75 Å². The first-order valence-electron chi connectivity index (χ1n) is 5.73. The molecule has 1 heterocycles. The summed E-state index contributed by atoms with van der Waals surface area (Å²) >= 11 is 0. The topological polar surface area (TPSA) is 39.4 Å². The van der Waals surface area contributed by atoms with Crippen LogP contribution in [0.15, 0.2) is 33.5 Å². The van der Waals surface area contributed by atoms with Gasteiger partial charge in [-0.3, -0.25) is 0 Å². The standard InChI is InChI=1S/C14H16O3/c1-9(2)8-16-12-7-14(15)17-13-6-10(3)4-5-11(12)13/h4-7,9H,8H2,1-3H3. The van der Waals surface area contributed by atoms with E-state index < -0.39 is 0 Å². The lowest BCUT2D eigenvalue weighted by Gasteiger charge is -2.10. The van der Waals surface area contributed by atoms with Crippen LogP contribution in [0, 0.1) is 12.8 Å². The van der Waals surface area contributed by atoms with Crippen molar-refractivity contribution in [1.29, 1.82) is 0 Å². The van der Waals surface area contributed by atoms with Gasteiger partial charge in [-0.25, -0.2) is 4.79 Å². The number of hydrogen-bond donors (Lipinski definition) is 0. The highest BCUT2D eigenvalue weighted by Gasteiger charge is 2.07. The second-order valence-corrected chi connectivity index (χ2v) is 4.63. The van der Waals surface area contributed by atoms with Gasteiger partial charge in [0.05, 0.1) is 18.1 Å². The molecule has 0 N–H and O–H groups in total. The molecule has 1 aromatic carbocycles. The fourth-order valence-electron chi connectivity index (χ4n) is 1.62. The van der Waals surface area contributed by atoms with Gasteiger partial charge in [0.25, 0.3) is 0 Å². The predicted octanol–water partition coefficient (Wildman–Crippen LogP) is 3.14. The second kappa shape index (κ2) is 4.62. The normalized spacial score (nSPS) is 11.1. The Hall–Kier alpha value is -1.77. The van der Waals surface area contributed by atoms with Crippen molar-refractivity contribution in [3.05, 3.63) is 40.2 Å². The predicted molar refractivity (Wildman–Crippen MR) is 67.6 cm³/mol. The Kier molecular flexibility index (Phi) is 3.18. The molecule has 90 valence electrons. The van der Waals surface area contributed by atoms with Gasteiger partial charge in [-0.2, -0.15) is 0 Å². The van der Waals surface area contributed by atoms with Crippen LogP contribution in [0.2, 0.25) is 0 Å². The van der Waals surface area contributed by atoms with E-state index in [0.29, 0.717) is 23.9 Å². The van der Waals surface area contributed by atoms with E-state index in [9.17, 15) is 4.79 Å². The summed E-state index contributed by atoms with van der Waals surface area (Å²) in [6.45, 7) is 6.68. The van der Waals surface area contributed by atoms with Crippen molar-refractivity contribution in [1.82, 2.24) is 0 Å². The van der Waals surface area contributed by atoms with Crippen LogP contribution in [0.4, 0.5) is 0 Å². The quantitative estimate of drug-likeness (QED) is 0.763. The molecule has 0 atom stereocenters. The van der Waals surface area contributed by atoms with Crippen LogP contribution in [-0.4, -0.2) is 6.61 Å². The van der Waals surface area contributed by atoms with Gasteiger partial charge in [0.1, 0.15) is 11.3 Å². The molecule has 0 amide bonds. The first-order valence-corrected chi connectivity index (χ1v) is 5.73. The monoisotopic (exact) mass is 232 g/mol. The zero-order chi connectivity index (χ0) is 12.4. The van der Waals surface area contributed by atoms with Crippen molar-refractivity contribution in [2.45, 2.75) is 20.8 Å². The molecule has 0 saturated carbocycles. The number of aryl methyl sites for hydroxylation is 1. The van der Waals surface area contributed by atoms with Crippen LogP contribution >= 0.6 is 0 Å². The minimum absolute atomic E-state index is 0.373. The highest BCUT2D eigenvalue weighted by atomic mass is 16.5. The third-order valence-corrected chi connectivity index (χ3v) is 2.43. The number of hydrogen-bond acceptors (Lipinski definition) is 3. The Balaban J connectivity index is 2.50. The van der Waals surface area contributed by atoms with Crippen LogP contribution in [0.1, 0.15) is 19.4 Å². The average molecular weight is 232 g/mol. The Morgan fingerprint density at radius 1 is 1.29 bits per heavy atom. The first kappa shape index (κ1) is 11.7. The third-order valence-electron chi connectivity index (χ3n) is 2.43. The summed E-state index contributed by atoms with van der Waals surface area (Å²) < 4.78 is 10.8. The van der Waals surface area contributed by atoms with Gasteiger partial charge in [0, 0.05) is 0 Å². The zero-order valence-corrected chi connectivity index (χ0v) is 10.3. The Morgan fingerprint density at radius 3 is 2.76 bits per heavy atom. The Bertz CT molecular complexity index is 582. The second-order valence-electron chi connectivity index (χ2n) is 4.63. The van der Waals surface area contributed by atoms with E-state index in [1.807, 2.05) is 25.1 Å². The van der Waals surface area contributed by atoms with Crippen molar-refractivity contribution < 1.29 is 9.15 Å². The largest absolute Gasteiger partial charge is 0.492 e. The van der Waals surface area contributed by atoms with E-state index in [4.69, 9.17) is 9.15 Å². The fraction of sp³-hybridized carbons (Fsp3) is 0.357. The maximum absolute atomic E-state index is 11.4. The minimum Gasteiger partial charge on any atom is -0.492 e. The molecule has 3 nitrogen and oxygen atoms in total. The van der Waals surface area contributed by atoms with E-state index in [2.05, 4.69) is 13.8 Å². The van der Waals surface area contributed by atoms with Gasteiger partial charge in [-0.1, -0.05) is 19.9 Å². The molecule has 2 rings (SSSR count). The summed E-state index contributed by atoms with van der Waals surface area (Å²) in [5.74, 6) is 1.02. The Morgan fingerprint density at radius 2 is 2.06 bits per heavy atom. The third kappa shape index (κ3) is 2.67. The molecule has 0 aliphatic heterocycles. The summed E-state index contributed by atoms with van der Waals surface area (Å²) in [4.78, 5) is 11.4. The molecule has 0 radical (unpaired) electrons. The molecular formula is C14H16O3. The Labute approximate surface area is 100 Å². The van der Waals surface area contributed by atoms with E-state index >= 15 is 0 Å². The van der Waals surface area contributed by atoms with Crippen molar-refractivity contribution in [2.75, 3.05) is 6.61 Å². The lowest BCUT2D eigenvalue weighted by molar-refractivity contribution is 0.272. The molecule has 0 aliphatic carbocycles. The zero-order valence-electron chi connectivity index (χ0n) is 10.3. The molecule has 0 bridgehead atoms. The van der Waals surface area contributed by atoms with Gasteiger partial charge in [0.15, 0.2) is 0 Å². The summed E-state index contributed by atoms with van der Waals surface area (Å²) in [5.41, 5.74) is 1.26. The molecular weight excluding hydrogens is 216 g/mol. The lowest BCUT2D eigenvalue weighted by atomic mass is 10.1. The molecule has 0 unspecified atom stereocenters. The smallest absolute Gasteiger partial charge is 0.339 e. The maximum Gasteiger partial charge on any atom is 0.339 e. The molecule has 0 spiro atoms. The van der Waals surface area contributed by atoms with Gasteiger partial charge < -0.3 is 9.15 Å². The number of ether oxygens (including phenoxy) is 1. The van der Waals surface area contributed by atoms with Crippen LogP contribution in [0.25, 0.3) is 11.0 Å². The van der Waals surface area contributed by atoms with Gasteiger partial charge in [0.2, 0.25) is 0 Å². The van der Waals surface area contributed by atoms with Crippen molar-refractivity contribution in [2.24, 2.45) is 5.92 Å². The molecule has 3 heteroatoms. The first-order chi connectivity index (χ1) is 8.06. The van der Waals surface area contributed by atoms with Crippen LogP contribution in [0.3, 0.4) is 0 Å². The molecule has 2 aromatic rings. The van der Waals surface area contributed by atoms with Gasteiger partial charge in [-0.05, 0) is 30.5 Å². The highest BCUT2D eigenvalue weighted by molar-refractivity contribution is 5.83. The molecule has 1 aromatic heterocycles. The molecule has 0 fully saturated rings. The van der Waals surface area contributed by atoms with Crippen LogP contribution in [-0.2, 0) is 0 Å². The van der Waals surface area contributed by atoms with E-state index in [1.165, 1.54) is 6.07 Å². The number of rotatable bonds is 3. The van der Waals surface area contributed by atoms with Gasteiger partial charge >= 0.3 is 5.63 Å². The lowest BCUT2D eigenvalue weighted by Crippen LogP contribution is -2.07. The average Bonchev–Trinajstić information content (AvgIpc) is 2.24. The van der Waals surface area contributed by atoms with Crippen molar-refractivity contribution in [3.8, 4) is 5.75 Å². The van der Waals surface area contributed by atoms with E-state index in [1.54, 1.807) is 0 Å². The summed E-state index contributed by atoms with van der Waals surface area (Å²) in [6.07, 6.45) is 0. The molecule has 17 heavy (non-hydrogen) atoms. The van der Waals surface area contributed by atoms with Crippen molar-refractivity contribution >= 4 is 11.0 Å². The summed E-state index contributed by atoms with van der Waals surface area (Å²) in [7, 11) is 0. The highest BCUT2D eigenvalue weighted by Crippen LogP contribution is 2.24. The van der Waals surface area contributed by atoms with Crippen LogP contribution < -0.4 is 10.4 Å². The van der Waals surface area contributed by atoms with E-state index in [-0.39, 0.29) is 5.63 Å². The maximum atomic E-state index is 11.4. The number of benzene rings is 1.